The van der Waals surface area contributed by atoms with Gasteiger partial charge < -0.3 is 19.6 Å². The number of rotatable bonds is 15. The molecule has 2 aromatic carbocycles. The number of anilines is 1. The van der Waals surface area contributed by atoms with Gasteiger partial charge >= 0.3 is 6.09 Å². The molecular formula is C33H51N3O3. The van der Waals surface area contributed by atoms with Crippen LogP contribution in [0, 0.1) is 0 Å². The van der Waals surface area contributed by atoms with Crippen molar-refractivity contribution in [1.29, 1.82) is 0 Å². The largest absolute Gasteiger partial charge is 0.443 e. The summed E-state index contributed by atoms with van der Waals surface area (Å²) >= 11 is 0. The molecule has 2 aromatic rings. The Hall–Kier alpha value is -2.41. The van der Waals surface area contributed by atoms with Crippen LogP contribution in [0.4, 0.5) is 10.5 Å². The smallest absolute Gasteiger partial charge is 0.412 e. The van der Waals surface area contributed by atoms with E-state index in [-0.39, 0.29) is 6.09 Å². The normalized spacial score (nSPS) is 15.8. The lowest BCUT2D eigenvalue weighted by atomic mass is 9.93. The maximum Gasteiger partial charge on any atom is 0.412 e. The highest BCUT2D eigenvalue weighted by atomic mass is 16.6. The summed E-state index contributed by atoms with van der Waals surface area (Å²) in [5.74, 6) is 0. The molecule has 0 saturated carbocycles. The first kappa shape index (κ1) is 31.1. The standard InChI is InChI=1S/C33H51N3O3/c1-5-35(27-32(2,3)38)23-15-8-6-7-9-16-24-36-25-21-33(4,22-26-36)39-31(37)34-30-20-14-13-19-29(30)28-17-11-10-12-18-28/h10-14,17-20,38H,5-9,15-16,21-27H2,1-4H3,(H,34,37). The van der Waals surface area contributed by atoms with Gasteiger partial charge in [0.05, 0.1) is 11.3 Å². The number of carbonyl (C=O) groups excluding carboxylic acids is 1. The van der Waals surface area contributed by atoms with E-state index in [1.807, 2.05) is 68.4 Å². The van der Waals surface area contributed by atoms with E-state index in [1.54, 1.807) is 0 Å². The van der Waals surface area contributed by atoms with Crippen molar-refractivity contribution in [2.75, 3.05) is 44.6 Å². The second-order valence-electron chi connectivity index (χ2n) is 12.0. The summed E-state index contributed by atoms with van der Waals surface area (Å²) in [5.41, 5.74) is 1.78. The third kappa shape index (κ3) is 11.3. The Morgan fingerprint density at radius 3 is 2.26 bits per heavy atom. The fourth-order valence-electron chi connectivity index (χ4n) is 5.45. The minimum Gasteiger partial charge on any atom is -0.443 e. The van der Waals surface area contributed by atoms with Crippen LogP contribution in [0.3, 0.4) is 0 Å². The van der Waals surface area contributed by atoms with Crippen LogP contribution in [0.15, 0.2) is 54.6 Å². The molecule has 0 unspecified atom stereocenters. The van der Waals surface area contributed by atoms with Crippen LogP contribution in [0.5, 0.6) is 0 Å². The number of likely N-dealkylation sites (tertiary alicyclic amines) is 1. The molecule has 39 heavy (non-hydrogen) atoms. The van der Waals surface area contributed by atoms with Gasteiger partial charge in [0.1, 0.15) is 5.60 Å². The lowest BCUT2D eigenvalue weighted by Crippen LogP contribution is -2.46. The zero-order valence-corrected chi connectivity index (χ0v) is 24.8. The van der Waals surface area contributed by atoms with E-state index in [0.29, 0.717) is 0 Å². The van der Waals surface area contributed by atoms with E-state index < -0.39 is 11.2 Å². The molecular weight excluding hydrogens is 486 g/mol. The minimum absolute atomic E-state index is 0.378. The van der Waals surface area contributed by atoms with Crippen molar-refractivity contribution in [2.45, 2.75) is 90.3 Å². The zero-order chi connectivity index (χ0) is 28.1. The minimum atomic E-state index is -0.616. The van der Waals surface area contributed by atoms with Crippen LogP contribution in [0.25, 0.3) is 11.1 Å². The summed E-state index contributed by atoms with van der Waals surface area (Å²) in [6.07, 6.45) is 8.89. The first-order valence-corrected chi connectivity index (χ1v) is 15.0. The number of carbonyl (C=O) groups is 1. The van der Waals surface area contributed by atoms with Gasteiger partial charge in [-0.3, -0.25) is 5.32 Å². The lowest BCUT2D eigenvalue weighted by molar-refractivity contribution is -0.0163. The van der Waals surface area contributed by atoms with Gasteiger partial charge in [-0.15, -0.1) is 0 Å². The summed E-state index contributed by atoms with van der Waals surface area (Å²) in [6.45, 7) is 13.9. The average Bonchev–Trinajstić information content (AvgIpc) is 2.90. The van der Waals surface area contributed by atoms with E-state index in [1.165, 1.54) is 38.5 Å². The van der Waals surface area contributed by atoms with Gasteiger partial charge in [0, 0.05) is 25.2 Å². The van der Waals surface area contributed by atoms with Crippen LogP contribution in [0.2, 0.25) is 0 Å². The van der Waals surface area contributed by atoms with E-state index >= 15 is 0 Å². The number of amides is 1. The second kappa shape index (κ2) is 15.4. The van der Waals surface area contributed by atoms with Gasteiger partial charge in [0.25, 0.3) is 0 Å². The summed E-state index contributed by atoms with van der Waals surface area (Å²) in [5, 5.41) is 13.0. The van der Waals surface area contributed by atoms with Gasteiger partial charge in [-0.1, -0.05) is 81.1 Å². The molecule has 0 bridgehead atoms. The monoisotopic (exact) mass is 537 g/mol. The Labute approximate surface area is 236 Å². The van der Waals surface area contributed by atoms with Crippen LogP contribution in [0.1, 0.15) is 79.1 Å². The number of nitrogens with zero attached hydrogens (tertiary/aromatic N) is 2. The maximum absolute atomic E-state index is 12.8. The van der Waals surface area contributed by atoms with Crippen molar-refractivity contribution in [3.63, 3.8) is 0 Å². The average molecular weight is 538 g/mol. The number of para-hydroxylation sites is 1. The third-order valence-electron chi connectivity index (χ3n) is 7.76. The third-order valence-corrected chi connectivity index (χ3v) is 7.76. The molecule has 1 amide bonds. The Bertz CT molecular complexity index is 981. The molecule has 1 aliphatic heterocycles. The van der Waals surface area contributed by atoms with Crippen molar-refractivity contribution in [1.82, 2.24) is 9.80 Å². The Balaban J connectivity index is 1.29. The van der Waals surface area contributed by atoms with Crippen molar-refractivity contribution >= 4 is 11.8 Å². The predicted octanol–water partition coefficient (Wildman–Crippen LogP) is 7.19. The number of piperidine rings is 1. The molecule has 0 atom stereocenters. The number of nitrogens with one attached hydrogen (secondary N) is 1. The van der Waals surface area contributed by atoms with E-state index in [2.05, 4.69) is 29.0 Å². The molecule has 3 rings (SSSR count). The fraction of sp³-hybridized carbons (Fsp3) is 0.606. The summed E-state index contributed by atoms with van der Waals surface area (Å²) in [7, 11) is 0. The number of benzene rings is 2. The number of likely N-dealkylation sites (N-methyl/N-ethyl adjacent to an activating group) is 1. The maximum atomic E-state index is 12.8. The first-order chi connectivity index (χ1) is 18.7. The Morgan fingerprint density at radius 2 is 1.59 bits per heavy atom. The molecule has 1 aliphatic rings. The van der Waals surface area contributed by atoms with Gasteiger partial charge in [-0.25, -0.2) is 4.79 Å². The highest BCUT2D eigenvalue weighted by Gasteiger charge is 2.33. The van der Waals surface area contributed by atoms with Crippen LogP contribution >= 0.6 is 0 Å². The van der Waals surface area contributed by atoms with Gasteiger partial charge in [-0.05, 0) is 77.7 Å². The van der Waals surface area contributed by atoms with Gasteiger partial charge in [0.15, 0.2) is 0 Å². The molecule has 6 heteroatoms. The molecule has 0 aliphatic carbocycles. The molecule has 1 saturated heterocycles. The predicted molar refractivity (Wildman–Crippen MR) is 162 cm³/mol. The number of hydrogen-bond donors (Lipinski definition) is 2. The molecule has 0 spiro atoms. The molecule has 1 heterocycles. The highest BCUT2D eigenvalue weighted by Crippen LogP contribution is 2.30. The number of ether oxygens (including phenoxy) is 1. The molecule has 0 radical (unpaired) electrons. The molecule has 6 nitrogen and oxygen atoms in total. The van der Waals surface area contributed by atoms with E-state index in [9.17, 15) is 9.90 Å². The Morgan fingerprint density at radius 1 is 0.974 bits per heavy atom. The summed E-state index contributed by atoms with van der Waals surface area (Å²) in [4.78, 5) is 17.7. The van der Waals surface area contributed by atoms with Crippen molar-refractivity contribution in [2.24, 2.45) is 0 Å². The Kier molecular flexibility index (Phi) is 12.3. The summed E-state index contributed by atoms with van der Waals surface area (Å²) < 4.78 is 5.96. The molecule has 216 valence electrons. The van der Waals surface area contributed by atoms with Crippen molar-refractivity contribution in [3.05, 3.63) is 54.6 Å². The SMILES string of the molecule is CCN(CCCCCCCCN1CCC(C)(OC(=O)Nc2ccccc2-c2ccccc2)CC1)CC(C)(C)O. The first-order valence-electron chi connectivity index (χ1n) is 15.0. The van der Waals surface area contributed by atoms with Crippen molar-refractivity contribution < 1.29 is 14.6 Å². The van der Waals surface area contributed by atoms with Crippen LogP contribution in [-0.4, -0.2) is 71.5 Å². The quantitative estimate of drug-likeness (QED) is 0.235. The lowest BCUT2D eigenvalue weighted by Gasteiger charge is -2.38. The number of hydrogen-bond acceptors (Lipinski definition) is 5. The van der Waals surface area contributed by atoms with Crippen LogP contribution < -0.4 is 5.32 Å². The zero-order valence-electron chi connectivity index (χ0n) is 24.8. The molecule has 0 aromatic heterocycles. The van der Waals surface area contributed by atoms with E-state index in [0.717, 1.165) is 68.9 Å². The van der Waals surface area contributed by atoms with E-state index in [4.69, 9.17) is 4.74 Å². The topological polar surface area (TPSA) is 65.0 Å². The molecule has 2 N–H and O–H groups in total. The molecule has 1 fully saturated rings. The van der Waals surface area contributed by atoms with Crippen LogP contribution in [-0.2, 0) is 4.74 Å². The van der Waals surface area contributed by atoms with Gasteiger partial charge in [0.2, 0.25) is 0 Å². The fourth-order valence-corrected chi connectivity index (χ4v) is 5.45. The van der Waals surface area contributed by atoms with Crippen molar-refractivity contribution in [3.8, 4) is 11.1 Å². The van der Waals surface area contributed by atoms with Gasteiger partial charge in [-0.2, -0.15) is 0 Å². The summed E-state index contributed by atoms with van der Waals surface area (Å²) in [6, 6.07) is 17.9. The highest BCUT2D eigenvalue weighted by molar-refractivity contribution is 5.91. The second-order valence-corrected chi connectivity index (χ2v) is 12.0. The number of unbranched alkanes of at least 4 members (excludes halogenated alkanes) is 5. The number of aliphatic hydroxyl groups is 1.